The van der Waals surface area contributed by atoms with Crippen molar-refractivity contribution < 1.29 is 9.90 Å². The molecule has 0 aliphatic rings. The molecule has 0 amide bonds. The van der Waals surface area contributed by atoms with E-state index >= 15 is 0 Å². The minimum absolute atomic E-state index is 0.0300. The fourth-order valence-corrected chi connectivity index (χ4v) is 2.98. The zero-order valence-corrected chi connectivity index (χ0v) is 14.2. The molecule has 0 aliphatic heterocycles. The van der Waals surface area contributed by atoms with Gasteiger partial charge in [-0.2, -0.15) is 0 Å². The highest BCUT2D eigenvalue weighted by atomic mass is 79.9. The Labute approximate surface area is 136 Å². The van der Waals surface area contributed by atoms with Crippen LogP contribution in [0.5, 0.6) is 0 Å². The predicted octanol–water partition coefficient (Wildman–Crippen LogP) is 3.78. The van der Waals surface area contributed by atoms with Crippen molar-refractivity contribution in [2.75, 3.05) is 0 Å². The number of carboxylic acid groups (broad SMARTS) is 1. The van der Waals surface area contributed by atoms with E-state index < -0.39 is 5.97 Å². The lowest BCUT2D eigenvalue weighted by Gasteiger charge is -2.09. The molecule has 0 bridgehead atoms. The van der Waals surface area contributed by atoms with Crippen LogP contribution >= 0.6 is 27.7 Å². The Hall–Kier alpha value is -1.40. The molecular formula is C15H15BrN2O2S. The molecule has 1 N–H and O–H groups in total. The highest BCUT2D eigenvalue weighted by Crippen LogP contribution is 2.24. The number of aliphatic carboxylic acids is 1. The van der Waals surface area contributed by atoms with Crippen molar-refractivity contribution in [3.05, 3.63) is 51.5 Å². The summed E-state index contributed by atoms with van der Waals surface area (Å²) in [5, 5.41) is 8.90. The van der Waals surface area contributed by atoms with Gasteiger partial charge in [0.1, 0.15) is 5.82 Å². The summed E-state index contributed by atoms with van der Waals surface area (Å²) in [6.45, 7) is 3.67. The van der Waals surface area contributed by atoms with Crippen LogP contribution in [0.2, 0.25) is 0 Å². The normalized spacial score (nSPS) is 10.6. The van der Waals surface area contributed by atoms with Crippen molar-refractivity contribution in [2.24, 2.45) is 0 Å². The van der Waals surface area contributed by atoms with Crippen LogP contribution in [-0.2, 0) is 17.0 Å². The molecule has 1 aromatic heterocycles. The maximum Gasteiger partial charge on any atom is 0.307 e. The monoisotopic (exact) mass is 366 g/mol. The lowest BCUT2D eigenvalue weighted by atomic mass is 10.1. The third-order valence-electron chi connectivity index (χ3n) is 2.98. The maximum atomic E-state index is 10.8. The van der Waals surface area contributed by atoms with Crippen molar-refractivity contribution in [3.63, 3.8) is 0 Å². The third-order valence-corrected chi connectivity index (χ3v) is 4.51. The fourth-order valence-electron chi connectivity index (χ4n) is 1.96. The second kappa shape index (κ2) is 7.04. The van der Waals surface area contributed by atoms with E-state index in [0.717, 1.165) is 26.6 Å². The Balaban J connectivity index is 2.10. The SMILES string of the molecule is Cc1nc(CSc2ccc(Br)cc2)nc(C)c1CC(=O)O. The Morgan fingerprint density at radius 1 is 1.19 bits per heavy atom. The summed E-state index contributed by atoms with van der Waals surface area (Å²) < 4.78 is 1.05. The van der Waals surface area contributed by atoms with E-state index in [1.807, 2.05) is 38.1 Å². The molecular weight excluding hydrogens is 352 g/mol. The zero-order chi connectivity index (χ0) is 15.4. The largest absolute Gasteiger partial charge is 0.481 e. The van der Waals surface area contributed by atoms with E-state index in [1.54, 1.807) is 11.8 Å². The van der Waals surface area contributed by atoms with Crippen LogP contribution in [-0.4, -0.2) is 21.0 Å². The van der Waals surface area contributed by atoms with E-state index in [1.165, 1.54) is 0 Å². The van der Waals surface area contributed by atoms with Crippen LogP contribution in [0.4, 0.5) is 0 Å². The summed E-state index contributed by atoms with van der Waals surface area (Å²) in [5.41, 5.74) is 2.20. The first-order chi connectivity index (χ1) is 9.95. The van der Waals surface area contributed by atoms with E-state index in [2.05, 4.69) is 25.9 Å². The number of rotatable bonds is 5. The highest BCUT2D eigenvalue weighted by molar-refractivity contribution is 9.10. The van der Waals surface area contributed by atoms with Gasteiger partial charge in [-0.05, 0) is 38.1 Å². The van der Waals surface area contributed by atoms with Crippen LogP contribution in [0.3, 0.4) is 0 Å². The van der Waals surface area contributed by atoms with Gasteiger partial charge in [-0.3, -0.25) is 4.79 Å². The molecule has 4 nitrogen and oxygen atoms in total. The number of aryl methyl sites for hydroxylation is 2. The number of hydrogen-bond donors (Lipinski definition) is 1. The smallest absolute Gasteiger partial charge is 0.307 e. The van der Waals surface area contributed by atoms with Gasteiger partial charge in [0.25, 0.3) is 0 Å². The van der Waals surface area contributed by atoms with Crippen LogP contribution < -0.4 is 0 Å². The van der Waals surface area contributed by atoms with Gasteiger partial charge in [-0.25, -0.2) is 9.97 Å². The quantitative estimate of drug-likeness (QED) is 0.815. The lowest BCUT2D eigenvalue weighted by molar-refractivity contribution is -0.136. The van der Waals surface area contributed by atoms with Crippen LogP contribution in [0.1, 0.15) is 22.8 Å². The summed E-state index contributed by atoms with van der Waals surface area (Å²) in [6.07, 6.45) is -0.0300. The molecule has 1 aromatic carbocycles. The minimum atomic E-state index is -0.859. The molecule has 110 valence electrons. The lowest BCUT2D eigenvalue weighted by Crippen LogP contribution is -2.09. The van der Waals surface area contributed by atoms with E-state index in [9.17, 15) is 4.79 Å². The van der Waals surface area contributed by atoms with Crippen molar-refractivity contribution >= 4 is 33.7 Å². The average Bonchev–Trinajstić information content (AvgIpc) is 2.42. The number of nitrogens with zero attached hydrogens (tertiary/aromatic N) is 2. The average molecular weight is 367 g/mol. The van der Waals surface area contributed by atoms with Crippen molar-refractivity contribution in [1.82, 2.24) is 9.97 Å². The molecule has 21 heavy (non-hydrogen) atoms. The number of benzene rings is 1. The van der Waals surface area contributed by atoms with Gasteiger partial charge in [0.2, 0.25) is 0 Å². The molecule has 2 rings (SSSR count). The summed E-state index contributed by atoms with van der Waals surface area (Å²) >= 11 is 5.06. The van der Waals surface area contributed by atoms with Crippen LogP contribution in [0, 0.1) is 13.8 Å². The number of thioether (sulfide) groups is 1. The Morgan fingerprint density at radius 2 is 1.76 bits per heavy atom. The van der Waals surface area contributed by atoms with Gasteiger partial charge in [-0.1, -0.05) is 15.9 Å². The minimum Gasteiger partial charge on any atom is -0.481 e. The van der Waals surface area contributed by atoms with Crippen molar-refractivity contribution in [3.8, 4) is 0 Å². The molecule has 0 aliphatic carbocycles. The first-order valence-electron chi connectivity index (χ1n) is 6.39. The third kappa shape index (κ3) is 4.54. The molecule has 0 atom stereocenters. The zero-order valence-electron chi connectivity index (χ0n) is 11.8. The second-order valence-electron chi connectivity index (χ2n) is 4.60. The standard InChI is InChI=1S/C15H15BrN2O2S/c1-9-13(7-15(19)20)10(2)18-14(17-9)8-21-12-5-3-11(16)4-6-12/h3-6H,7-8H2,1-2H3,(H,19,20). The molecule has 0 saturated heterocycles. The number of carboxylic acids is 1. The summed E-state index contributed by atoms with van der Waals surface area (Å²) in [6, 6.07) is 8.06. The Kier molecular flexibility index (Phi) is 5.36. The second-order valence-corrected chi connectivity index (χ2v) is 6.57. The van der Waals surface area contributed by atoms with Crippen molar-refractivity contribution in [2.45, 2.75) is 30.9 Å². The van der Waals surface area contributed by atoms with Gasteiger partial charge in [0.05, 0.1) is 12.2 Å². The van der Waals surface area contributed by atoms with E-state index in [4.69, 9.17) is 5.11 Å². The van der Waals surface area contributed by atoms with Gasteiger partial charge in [0.15, 0.2) is 0 Å². The number of aromatic nitrogens is 2. The Bertz CT molecular complexity index is 636. The topological polar surface area (TPSA) is 63.1 Å². The molecule has 0 fully saturated rings. The molecule has 0 unspecified atom stereocenters. The molecule has 1 heterocycles. The molecule has 0 spiro atoms. The van der Waals surface area contributed by atoms with Crippen LogP contribution in [0.15, 0.2) is 33.6 Å². The summed E-state index contributed by atoms with van der Waals surface area (Å²) in [7, 11) is 0. The number of halogens is 1. The molecule has 2 aromatic rings. The van der Waals surface area contributed by atoms with Crippen molar-refractivity contribution in [1.29, 1.82) is 0 Å². The van der Waals surface area contributed by atoms with Gasteiger partial charge in [-0.15, -0.1) is 11.8 Å². The molecule has 0 saturated carbocycles. The first kappa shape index (κ1) is 16.0. The highest BCUT2D eigenvalue weighted by Gasteiger charge is 2.12. The van der Waals surface area contributed by atoms with E-state index in [-0.39, 0.29) is 6.42 Å². The summed E-state index contributed by atoms with van der Waals surface area (Å²) in [4.78, 5) is 20.8. The molecule has 0 radical (unpaired) electrons. The first-order valence-corrected chi connectivity index (χ1v) is 8.16. The molecule has 6 heteroatoms. The number of hydrogen-bond acceptors (Lipinski definition) is 4. The fraction of sp³-hybridized carbons (Fsp3) is 0.267. The van der Waals surface area contributed by atoms with E-state index in [0.29, 0.717) is 11.3 Å². The number of carbonyl (C=O) groups is 1. The van der Waals surface area contributed by atoms with Crippen LogP contribution in [0.25, 0.3) is 0 Å². The predicted molar refractivity (Wildman–Crippen MR) is 86.5 cm³/mol. The van der Waals surface area contributed by atoms with Gasteiger partial charge >= 0.3 is 5.97 Å². The summed E-state index contributed by atoms with van der Waals surface area (Å²) in [5.74, 6) is 0.533. The van der Waals surface area contributed by atoms with Gasteiger partial charge in [0, 0.05) is 26.3 Å². The van der Waals surface area contributed by atoms with Gasteiger partial charge < -0.3 is 5.11 Å². The maximum absolute atomic E-state index is 10.8. The Morgan fingerprint density at radius 3 is 2.29 bits per heavy atom.